The van der Waals surface area contributed by atoms with Crippen molar-refractivity contribution in [1.82, 2.24) is 30.8 Å². The molecule has 0 saturated heterocycles. The molecular formula is C35H47N7O6. The Morgan fingerprint density at radius 3 is 2.12 bits per heavy atom. The standard InChI is InChI=1S/C35H47N7O6/c1-20(2)17-27-35(47)40(7)23(6)32(44)36-22(5)31(43)39-29(21(3)4)33(45)37-25(18-24-13-9-8-10-14-24)19-41-30(34(46)38-27)26-15-11-12-16-28(26)42(41)48/h8-16,20-23,25,27,29H,17-19H2,1-7H3,(H,36,44)(H,37,45)(H,38,46)(H,39,43)/t22-,23+,25+,27+,29+/m1/s1. The molecule has 3 aromatic rings. The average molecular weight is 662 g/mol. The third-order valence-electron chi connectivity index (χ3n) is 8.74. The van der Waals surface area contributed by atoms with Crippen LogP contribution in [0.5, 0.6) is 0 Å². The van der Waals surface area contributed by atoms with E-state index in [1.807, 2.05) is 44.2 Å². The van der Waals surface area contributed by atoms with Gasteiger partial charge in [0.25, 0.3) is 11.4 Å². The summed E-state index contributed by atoms with van der Waals surface area (Å²) in [5, 5.41) is 25.5. The number of fused-ring (bicyclic) bond motifs is 3. The van der Waals surface area contributed by atoms with Gasteiger partial charge in [0.2, 0.25) is 23.6 Å². The number of likely N-dealkylation sites (N-methyl/N-ethyl adjacent to an activating group) is 1. The summed E-state index contributed by atoms with van der Waals surface area (Å²) >= 11 is 0. The highest BCUT2D eigenvalue weighted by Gasteiger charge is 2.36. The summed E-state index contributed by atoms with van der Waals surface area (Å²) < 4.78 is 1.28. The van der Waals surface area contributed by atoms with E-state index in [0.717, 1.165) is 5.56 Å². The highest BCUT2D eigenvalue weighted by Crippen LogP contribution is 2.20. The van der Waals surface area contributed by atoms with Crippen molar-refractivity contribution in [2.24, 2.45) is 11.8 Å². The van der Waals surface area contributed by atoms with E-state index in [-0.39, 0.29) is 36.0 Å². The lowest BCUT2D eigenvalue weighted by atomic mass is 10.0. The molecule has 0 spiro atoms. The smallest absolute Gasteiger partial charge is 0.275 e. The number of nitrogens with one attached hydrogen (secondary N) is 4. The number of rotatable bonds is 5. The summed E-state index contributed by atoms with van der Waals surface area (Å²) in [5.74, 6) is -3.10. The van der Waals surface area contributed by atoms with E-state index in [9.17, 15) is 29.2 Å². The molecule has 2 heterocycles. The fourth-order valence-corrected chi connectivity index (χ4v) is 5.91. The molecule has 48 heavy (non-hydrogen) atoms. The summed E-state index contributed by atoms with van der Waals surface area (Å²) in [5.41, 5.74) is 1.16. The van der Waals surface area contributed by atoms with Crippen LogP contribution in [0, 0.1) is 17.0 Å². The van der Waals surface area contributed by atoms with Crippen LogP contribution in [-0.2, 0) is 32.1 Å². The lowest BCUT2D eigenvalue weighted by molar-refractivity contribution is -0.670. The number of aromatic nitrogens is 2. The molecule has 258 valence electrons. The fourth-order valence-electron chi connectivity index (χ4n) is 5.91. The van der Waals surface area contributed by atoms with E-state index in [2.05, 4.69) is 21.3 Å². The lowest BCUT2D eigenvalue weighted by Gasteiger charge is -2.31. The summed E-state index contributed by atoms with van der Waals surface area (Å²) in [4.78, 5) is 70.3. The molecule has 4 rings (SSSR count). The van der Waals surface area contributed by atoms with Gasteiger partial charge in [-0.25, -0.2) is 0 Å². The molecule has 4 N–H and O–H groups in total. The number of carbonyl (C=O) groups is 5. The Balaban J connectivity index is 1.87. The fraction of sp³-hybridized carbons (Fsp3) is 0.486. The van der Waals surface area contributed by atoms with Crippen molar-refractivity contribution in [2.45, 2.75) is 91.1 Å². The second-order valence-corrected chi connectivity index (χ2v) is 13.4. The van der Waals surface area contributed by atoms with Crippen LogP contribution >= 0.6 is 0 Å². The maximum atomic E-state index is 14.2. The minimum Gasteiger partial charge on any atom is -0.595 e. The molecular weight excluding hydrogens is 614 g/mol. The largest absolute Gasteiger partial charge is 0.595 e. The van der Waals surface area contributed by atoms with Crippen LogP contribution in [0.25, 0.3) is 10.9 Å². The van der Waals surface area contributed by atoms with Gasteiger partial charge in [-0.1, -0.05) is 75.0 Å². The summed E-state index contributed by atoms with van der Waals surface area (Å²) in [6, 6.07) is 11.4. The number of hydrogen-bond donors (Lipinski definition) is 4. The van der Waals surface area contributed by atoms with Crippen molar-refractivity contribution in [2.75, 3.05) is 7.05 Å². The SMILES string of the molecule is CC(C)C[C@@H]1NC(=O)c2c3ccccc3[n+]([O-])n2C[C@H](Cc2ccccc2)NC(=O)[C@H](C(C)C)NC(=O)[C@@H](C)NC(=O)[C@H](C)N(C)C1=O. The van der Waals surface area contributed by atoms with Gasteiger partial charge in [0, 0.05) is 13.1 Å². The molecule has 1 aliphatic rings. The van der Waals surface area contributed by atoms with Gasteiger partial charge in [-0.3, -0.25) is 24.0 Å². The van der Waals surface area contributed by atoms with Crippen molar-refractivity contribution in [3.63, 3.8) is 0 Å². The molecule has 0 unspecified atom stereocenters. The van der Waals surface area contributed by atoms with E-state index in [0.29, 0.717) is 16.7 Å². The molecule has 0 radical (unpaired) electrons. The number of carbonyl (C=O) groups excluding carboxylic acids is 5. The van der Waals surface area contributed by atoms with Crippen molar-refractivity contribution in [3.8, 4) is 0 Å². The minimum atomic E-state index is -1.02. The van der Waals surface area contributed by atoms with Gasteiger partial charge in [0.15, 0.2) is 5.69 Å². The van der Waals surface area contributed by atoms with Gasteiger partial charge in [-0.15, -0.1) is 4.68 Å². The number of benzene rings is 2. The maximum Gasteiger partial charge on any atom is 0.275 e. The van der Waals surface area contributed by atoms with Gasteiger partial charge < -0.3 is 31.4 Å². The first-order valence-electron chi connectivity index (χ1n) is 16.4. The van der Waals surface area contributed by atoms with Crippen molar-refractivity contribution in [1.29, 1.82) is 0 Å². The Morgan fingerprint density at radius 1 is 0.833 bits per heavy atom. The number of nitrogens with zero attached hydrogens (tertiary/aromatic N) is 3. The predicted molar refractivity (Wildman–Crippen MR) is 180 cm³/mol. The first-order valence-corrected chi connectivity index (χ1v) is 16.4. The quantitative estimate of drug-likeness (QED) is 0.240. The van der Waals surface area contributed by atoms with Gasteiger partial charge in [-0.2, -0.15) is 0 Å². The molecule has 2 aromatic carbocycles. The third kappa shape index (κ3) is 8.12. The van der Waals surface area contributed by atoms with Crippen LogP contribution in [0.4, 0.5) is 0 Å². The summed E-state index contributed by atoms with van der Waals surface area (Å²) in [6.07, 6.45) is 0.575. The highest BCUT2D eigenvalue weighted by atomic mass is 16.5. The van der Waals surface area contributed by atoms with Crippen LogP contribution in [0.15, 0.2) is 54.6 Å². The van der Waals surface area contributed by atoms with Gasteiger partial charge in [0.05, 0.1) is 11.4 Å². The Bertz CT molecular complexity index is 1650. The van der Waals surface area contributed by atoms with E-state index in [1.54, 1.807) is 38.1 Å². The minimum absolute atomic E-state index is 0.00861. The van der Waals surface area contributed by atoms with Crippen LogP contribution in [0.1, 0.15) is 64.0 Å². The third-order valence-corrected chi connectivity index (χ3v) is 8.74. The van der Waals surface area contributed by atoms with Crippen molar-refractivity contribution < 1.29 is 28.8 Å². The Labute approximate surface area is 281 Å². The molecule has 1 aromatic heterocycles. The number of para-hydroxylation sites is 1. The Morgan fingerprint density at radius 2 is 1.48 bits per heavy atom. The van der Waals surface area contributed by atoms with Gasteiger partial charge in [0.1, 0.15) is 30.7 Å². The van der Waals surface area contributed by atoms with Crippen LogP contribution in [0.2, 0.25) is 0 Å². The maximum absolute atomic E-state index is 14.2. The highest BCUT2D eigenvalue weighted by molar-refractivity contribution is 6.05. The van der Waals surface area contributed by atoms with Gasteiger partial charge in [-0.05, 0) is 50.2 Å². The normalized spacial score (nSPS) is 23.6. The zero-order valence-corrected chi connectivity index (χ0v) is 28.7. The topological polar surface area (TPSA) is 169 Å². The van der Waals surface area contributed by atoms with Crippen LogP contribution in [0.3, 0.4) is 0 Å². The molecule has 0 fully saturated rings. The van der Waals surface area contributed by atoms with E-state index in [4.69, 9.17) is 0 Å². The van der Waals surface area contributed by atoms with E-state index in [1.165, 1.54) is 30.5 Å². The van der Waals surface area contributed by atoms with Crippen molar-refractivity contribution >= 4 is 40.4 Å². The number of amides is 5. The van der Waals surface area contributed by atoms with Crippen LogP contribution < -0.4 is 26.1 Å². The van der Waals surface area contributed by atoms with Crippen LogP contribution in [-0.4, -0.2) is 76.4 Å². The van der Waals surface area contributed by atoms with Gasteiger partial charge >= 0.3 is 0 Å². The van der Waals surface area contributed by atoms with E-state index >= 15 is 0 Å². The lowest BCUT2D eigenvalue weighted by Crippen LogP contribution is -2.59. The molecule has 0 bridgehead atoms. The summed E-state index contributed by atoms with van der Waals surface area (Å²) in [7, 11) is 1.46. The molecule has 5 atom stereocenters. The molecule has 0 saturated carbocycles. The zero-order chi connectivity index (χ0) is 35.3. The molecule has 13 heteroatoms. The first kappa shape index (κ1) is 35.9. The average Bonchev–Trinajstić information content (AvgIpc) is 3.32. The molecule has 1 aliphatic heterocycles. The first-order chi connectivity index (χ1) is 22.7. The monoisotopic (exact) mass is 661 g/mol. The van der Waals surface area contributed by atoms with Crippen molar-refractivity contribution in [3.05, 3.63) is 71.1 Å². The predicted octanol–water partition coefficient (Wildman–Crippen LogP) is 1.65. The second kappa shape index (κ2) is 15.3. The molecule has 5 amide bonds. The summed E-state index contributed by atoms with van der Waals surface area (Å²) in [6.45, 7) is 10.3. The Kier molecular flexibility index (Phi) is 11.5. The van der Waals surface area contributed by atoms with E-state index < -0.39 is 59.7 Å². The molecule has 13 nitrogen and oxygen atoms in total. The molecule has 0 aliphatic carbocycles. The Hall–Kier alpha value is -4.94. The second-order valence-electron chi connectivity index (χ2n) is 13.4. The zero-order valence-electron chi connectivity index (χ0n) is 28.7. The number of hydrogen-bond acceptors (Lipinski definition) is 6.